The Morgan fingerprint density at radius 1 is 1.22 bits per heavy atom. The number of thiazole rings is 1. The molecule has 138 valence electrons. The summed E-state index contributed by atoms with van der Waals surface area (Å²) >= 11 is 1.57. The highest BCUT2D eigenvalue weighted by Gasteiger charge is 2.31. The first-order valence-electron chi connectivity index (χ1n) is 8.80. The quantitative estimate of drug-likeness (QED) is 0.737. The molecule has 2 heterocycles. The van der Waals surface area contributed by atoms with Gasteiger partial charge < -0.3 is 15.0 Å². The largest absolute Gasteiger partial charge is 0.479 e. The molecular formula is C20H19N3O3S. The zero-order chi connectivity index (χ0) is 18.8. The number of aromatic nitrogens is 1. The first-order chi connectivity index (χ1) is 13.1. The number of anilines is 1. The number of hydrogen-bond acceptors (Lipinski definition) is 5. The van der Waals surface area contributed by atoms with Crippen molar-refractivity contribution >= 4 is 39.1 Å². The van der Waals surface area contributed by atoms with Crippen molar-refractivity contribution in [1.82, 2.24) is 10.3 Å². The van der Waals surface area contributed by atoms with E-state index in [1.54, 1.807) is 23.2 Å². The second-order valence-corrected chi connectivity index (χ2v) is 7.43. The molecule has 0 aliphatic carbocycles. The topological polar surface area (TPSA) is 71.5 Å². The van der Waals surface area contributed by atoms with Gasteiger partial charge in [-0.1, -0.05) is 24.3 Å². The molecule has 6 nitrogen and oxygen atoms in total. The van der Waals surface area contributed by atoms with Crippen LogP contribution in [0.15, 0.2) is 48.5 Å². The van der Waals surface area contributed by atoms with Crippen molar-refractivity contribution in [2.24, 2.45) is 0 Å². The van der Waals surface area contributed by atoms with Crippen LogP contribution < -0.4 is 15.0 Å². The molecule has 0 fully saturated rings. The van der Waals surface area contributed by atoms with E-state index >= 15 is 0 Å². The van der Waals surface area contributed by atoms with Crippen LogP contribution in [-0.4, -0.2) is 29.4 Å². The van der Waals surface area contributed by atoms with Gasteiger partial charge in [0.1, 0.15) is 10.8 Å². The van der Waals surface area contributed by atoms with E-state index in [4.69, 9.17) is 4.74 Å². The molecule has 2 aromatic carbocycles. The van der Waals surface area contributed by atoms with Crippen LogP contribution in [0.5, 0.6) is 5.75 Å². The lowest BCUT2D eigenvalue weighted by Crippen LogP contribution is -2.45. The minimum absolute atomic E-state index is 0.112. The average molecular weight is 381 g/mol. The molecule has 1 atom stereocenters. The maximum Gasteiger partial charge on any atom is 0.267 e. The summed E-state index contributed by atoms with van der Waals surface area (Å²) < 4.78 is 6.72. The van der Waals surface area contributed by atoms with Gasteiger partial charge in [0.05, 0.1) is 22.4 Å². The maximum atomic E-state index is 12.4. The number of para-hydroxylation sites is 3. The van der Waals surface area contributed by atoms with E-state index in [2.05, 4.69) is 10.3 Å². The molecular weight excluding hydrogens is 362 g/mol. The van der Waals surface area contributed by atoms with Gasteiger partial charge in [-0.3, -0.25) is 9.59 Å². The first kappa shape index (κ1) is 17.5. The van der Waals surface area contributed by atoms with Crippen molar-refractivity contribution in [2.45, 2.75) is 26.0 Å². The van der Waals surface area contributed by atoms with E-state index in [0.29, 0.717) is 24.5 Å². The van der Waals surface area contributed by atoms with Crippen LogP contribution in [-0.2, 0) is 16.1 Å². The summed E-state index contributed by atoms with van der Waals surface area (Å²) in [6.07, 6.45) is -0.330. The highest BCUT2D eigenvalue weighted by Crippen LogP contribution is 2.33. The monoisotopic (exact) mass is 381 g/mol. The fourth-order valence-electron chi connectivity index (χ4n) is 3.06. The van der Waals surface area contributed by atoms with Crippen LogP contribution in [0.3, 0.4) is 0 Å². The summed E-state index contributed by atoms with van der Waals surface area (Å²) in [5.41, 5.74) is 1.65. The van der Waals surface area contributed by atoms with E-state index in [-0.39, 0.29) is 18.2 Å². The molecule has 0 saturated heterocycles. The fraction of sp³-hybridized carbons (Fsp3) is 0.250. The molecule has 1 aliphatic rings. The summed E-state index contributed by atoms with van der Waals surface area (Å²) in [6, 6.07) is 15.3. The van der Waals surface area contributed by atoms with Crippen molar-refractivity contribution < 1.29 is 14.3 Å². The van der Waals surface area contributed by atoms with Gasteiger partial charge >= 0.3 is 0 Å². The van der Waals surface area contributed by atoms with Crippen molar-refractivity contribution in [3.63, 3.8) is 0 Å². The lowest BCUT2D eigenvalue weighted by Gasteiger charge is -2.32. The van der Waals surface area contributed by atoms with Gasteiger partial charge in [0.2, 0.25) is 5.91 Å². The highest BCUT2D eigenvalue weighted by molar-refractivity contribution is 7.18. The lowest BCUT2D eigenvalue weighted by molar-refractivity contribution is -0.125. The minimum atomic E-state index is -0.550. The standard InChI is InChI=1S/C20H19N3O3S/c1-13-20(25)23(15-7-3-4-8-16(15)26-13)11-10-18(24)21-12-19-22-14-6-2-5-9-17(14)27-19/h2-9,13H,10-12H2,1H3,(H,21,24)/t13-/m0/s1. The third kappa shape index (κ3) is 3.64. The Morgan fingerprint density at radius 2 is 2.00 bits per heavy atom. The van der Waals surface area contributed by atoms with Crippen LogP contribution in [0.2, 0.25) is 0 Å². The lowest BCUT2D eigenvalue weighted by atomic mass is 10.1. The number of benzene rings is 2. The molecule has 0 saturated carbocycles. The normalized spacial score (nSPS) is 16.1. The minimum Gasteiger partial charge on any atom is -0.479 e. The number of rotatable bonds is 5. The Balaban J connectivity index is 1.37. The van der Waals surface area contributed by atoms with Gasteiger partial charge in [-0.2, -0.15) is 0 Å². The van der Waals surface area contributed by atoms with E-state index in [0.717, 1.165) is 15.2 Å². The summed E-state index contributed by atoms with van der Waals surface area (Å²) in [5.74, 6) is 0.422. The summed E-state index contributed by atoms with van der Waals surface area (Å²) in [4.78, 5) is 30.8. The average Bonchev–Trinajstić information content (AvgIpc) is 3.10. The fourth-order valence-corrected chi connectivity index (χ4v) is 3.97. The molecule has 3 aromatic rings. The first-order valence-corrected chi connectivity index (χ1v) is 9.61. The second kappa shape index (κ2) is 7.36. The predicted molar refractivity (Wildman–Crippen MR) is 105 cm³/mol. The van der Waals surface area contributed by atoms with Crippen LogP contribution in [0.1, 0.15) is 18.4 Å². The smallest absolute Gasteiger partial charge is 0.267 e. The number of amides is 2. The number of ether oxygens (including phenoxy) is 1. The predicted octanol–water partition coefficient (Wildman–Crippen LogP) is 3.12. The molecule has 7 heteroatoms. The van der Waals surface area contributed by atoms with Gasteiger partial charge in [-0.05, 0) is 31.2 Å². The molecule has 2 amide bonds. The Labute approximate surface area is 160 Å². The Morgan fingerprint density at radius 3 is 2.85 bits per heavy atom. The van der Waals surface area contributed by atoms with E-state index in [1.807, 2.05) is 48.5 Å². The summed E-state index contributed by atoms with van der Waals surface area (Å²) in [7, 11) is 0. The van der Waals surface area contributed by atoms with Crippen molar-refractivity contribution in [3.05, 3.63) is 53.5 Å². The SMILES string of the molecule is C[C@@H]1Oc2ccccc2N(CCC(=O)NCc2nc3ccccc3s2)C1=O. The highest BCUT2D eigenvalue weighted by atomic mass is 32.1. The molecule has 27 heavy (non-hydrogen) atoms. The van der Waals surface area contributed by atoms with Crippen LogP contribution in [0.25, 0.3) is 10.2 Å². The van der Waals surface area contributed by atoms with E-state index in [9.17, 15) is 9.59 Å². The summed E-state index contributed by atoms with van der Waals surface area (Å²) in [6.45, 7) is 2.43. The number of nitrogens with one attached hydrogen (secondary N) is 1. The van der Waals surface area contributed by atoms with Crippen LogP contribution in [0, 0.1) is 0 Å². The number of hydrogen-bond donors (Lipinski definition) is 1. The zero-order valence-corrected chi connectivity index (χ0v) is 15.7. The number of carbonyl (C=O) groups excluding carboxylic acids is 2. The Bertz CT molecular complexity index is 968. The molecule has 1 N–H and O–H groups in total. The van der Waals surface area contributed by atoms with Gasteiger partial charge in [0.15, 0.2) is 6.10 Å². The zero-order valence-electron chi connectivity index (χ0n) is 14.8. The Hall–Kier alpha value is -2.93. The van der Waals surface area contributed by atoms with Gasteiger partial charge in [-0.25, -0.2) is 4.98 Å². The van der Waals surface area contributed by atoms with Gasteiger partial charge in [0, 0.05) is 13.0 Å². The second-order valence-electron chi connectivity index (χ2n) is 6.32. The molecule has 0 spiro atoms. The molecule has 0 unspecified atom stereocenters. The molecule has 0 bridgehead atoms. The molecule has 0 radical (unpaired) electrons. The number of nitrogens with zero attached hydrogens (tertiary/aromatic N) is 2. The van der Waals surface area contributed by atoms with Gasteiger partial charge in [-0.15, -0.1) is 11.3 Å². The van der Waals surface area contributed by atoms with Crippen molar-refractivity contribution in [1.29, 1.82) is 0 Å². The Kier molecular flexibility index (Phi) is 4.77. The van der Waals surface area contributed by atoms with Crippen molar-refractivity contribution in [2.75, 3.05) is 11.4 Å². The molecule has 1 aliphatic heterocycles. The van der Waals surface area contributed by atoms with Crippen LogP contribution >= 0.6 is 11.3 Å². The third-order valence-corrected chi connectivity index (χ3v) is 5.45. The van der Waals surface area contributed by atoms with E-state index < -0.39 is 6.10 Å². The number of fused-ring (bicyclic) bond motifs is 2. The molecule has 4 rings (SSSR count). The maximum absolute atomic E-state index is 12.4. The number of carbonyl (C=O) groups is 2. The van der Waals surface area contributed by atoms with Gasteiger partial charge in [0.25, 0.3) is 5.91 Å². The van der Waals surface area contributed by atoms with Crippen molar-refractivity contribution in [3.8, 4) is 5.75 Å². The third-order valence-electron chi connectivity index (χ3n) is 4.41. The summed E-state index contributed by atoms with van der Waals surface area (Å²) in [5, 5.41) is 3.76. The van der Waals surface area contributed by atoms with E-state index in [1.165, 1.54) is 0 Å². The molecule has 1 aromatic heterocycles. The van der Waals surface area contributed by atoms with Crippen LogP contribution in [0.4, 0.5) is 5.69 Å².